The summed E-state index contributed by atoms with van der Waals surface area (Å²) in [6, 6.07) is 1.03. The van der Waals surface area contributed by atoms with Crippen molar-refractivity contribution in [1.29, 1.82) is 0 Å². The molecule has 0 unspecified atom stereocenters. The van der Waals surface area contributed by atoms with Gasteiger partial charge in [0.15, 0.2) is 0 Å². The number of thiol groups is 1. The Balaban J connectivity index is 0. The van der Waals surface area contributed by atoms with E-state index in [-0.39, 0.29) is 0 Å². The maximum absolute atomic E-state index is 5.27. The minimum atomic E-state index is -1.77. The third-order valence-electron chi connectivity index (χ3n) is 2.64. The lowest BCUT2D eigenvalue weighted by Gasteiger charge is -2.21. The summed E-state index contributed by atoms with van der Waals surface area (Å²) < 4.78 is 20.6. The highest BCUT2D eigenvalue weighted by molar-refractivity contribution is 7.80. The number of rotatable bonds is 7. The highest BCUT2D eigenvalue weighted by atomic mass is 32.1. The molecular weight excluding hydrogens is 272 g/mol. The molecule has 0 aromatic carbocycles. The predicted molar refractivity (Wildman–Crippen MR) is 80.4 cm³/mol. The van der Waals surface area contributed by atoms with E-state index in [2.05, 4.69) is 19.2 Å². The molecule has 106 valence electrons. The van der Waals surface area contributed by atoms with Crippen molar-refractivity contribution in [2.24, 2.45) is 0 Å². The Morgan fingerprint density at radius 2 is 1.24 bits per heavy atom. The molecule has 4 nitrogen and oxygen atoms in total. The number of hydrogen-bond donors (Lipinski definition) is 1. The second-order valence-corrected chi connectivity index (χ2v) is 11.8. The average molecular weight is 301 g/mol. The van der Waals surface area contributed by atoms with Gasteiger partial charge in [0.2, 0.25) is 0 Å². The first-order valence-corrected chi connectivity index (χ1v) is 11.6. The topological polar surface area (TPSA) is 36.9 Å². The molecule has 0 saturated heterocycles. The maximum atomic E-state index is 5.27. The molecule has 17 heavy (non-hydrogen) atoms. The van der Waals surface area contributed by atoms with E-state index in [1.165, 1.54) is 0 Å². The molecule has 0 N–H and O–H groups in total. The first-order chi connectivity index (χ1) is 7.80. The van der Waals surface area contributed by atoms with E-state index in [0.29, 0.717) is 0 Å². The van der Waals surface area contributed by atoms with Crippen LogP contribution in [0.25, 0.3) is 0 Å². The van der Waals surface area contributed by atoms with E-state index >= 15 is 0 Å². The largest absolute Gasteiger partial charge is 0.398 e. The summed E-state index contributed by atoms with van der Waals surface area (Å²) in [4.78, 5) is 0. The second-order valence-electron chi connectivity index (χ2n) is 4.18. The third kappa shape index (κ3) is 11.4. The van der Waals surface area contributed by atoms with Gasteiger partial charge in [-0.25, -0.2) is 0 Å². The van der Waals surface area contributed by atoms with Gasteiger partial charge >= 0.3 is 17.1 Å². The van der Waals surface area contributed by atoms with Gasteiger partial charge in [0, 0.05) is 28.4 Å². The molecule has 0 bridgehead atoms. The Morgan fingerprint density at radius 1 is 0.824 bits per heavy atom. The minimum Gasteiger partial charge on any atom is -0.398 e. The van der Waals surface area contributed by atoms with Crippen molar-refractivity contribution in [3.05, 3.63) is 0 Å². The molecule has 0 aromatic rings. The van der Waals surface area contributed by atoms with Gasteiger partial charge in [0.1, 0.15) is 0 Å². The van der Waals surface area contributed by atoms with E-state index in [0.717, 1.165) is 18.2 Å². The summed E-state index contributed by atoms with van der Waals surface area (Å²) in [7, 11) is 3.37. The van der Waals surface area contributed by atoms with Crippen LogP contribution in [0.1, 0.15) is 6.42 Å². The molecule has 0 rings (SSSR count). The fraction of sp³-hybridized carbons (Fsp3) is 1.00. The molecule has 0 spiro atoms. The minimum absolute atomic E-state index is 0.912. The van der Waals surface area contributed by atoms with Crippen molar-refractivity contribution in [2.75, 3.05) is 34.2 Å². The average Bonchev–Trinajstić information content (AvgIpc) is 2.36. The molecule has 0 aliphatic carbocycles. The lowest BCUT2D eigenvalue weighted by molar-refractivity contribution is 0.249. The van der Waals surface area contributed by atoms with Crippen LogP contribution >= 0.6 is 12.6 Å². The quantitative estimate of drug-likeness (QED) is 0.579. The summed E-state index contributed by atoms with van der Waals surface area (Å²) >= 11 is 4.12. The Morgan fingerprint density at radius 3 is 1.41 bits per heavy atom. The lowest BCUT2D eigenvalue weighted by Crippen LogP contribution is -2.35. The highest BCUT2D eigenvalue weighted by Gasteiger charge is 2.27. The van der Waals surface area contributed by atoms with E-state index in [1.54, 1.807) is 28.4 Å². The van der Waals surface area contributed by atoms with Crippen LogP contribution in [0.2, 0.25) is 25.7 Å². The van der Waals surface area contributed by atoms with Gasteiger partial charge in [-0.1, -0.05) is 0 Å². The smallest absolute Gasteiger partial charge is 0.334 e. The summed E-state index contributed by atoms with van der Waals surface area (Å²) in [5, 5.41) is 0. The van der Waals surface area contributed by atoms with E-state index in [9.17, 15) is 0 Å². The lowest BCUT2D eigenvalue weighted by atomic mass is 10.6. The van der Waals surface area contributed by atoms with Crippen LogP contribution in [0, 0.1) is 0 Å². The molecule has 0 saturated carbocycles. The van der Waals surface area contributed by atoms with Crippen molar-refractivity contribution in [2.45, 2.75) is 32.1 Å². The first-order valence-electron chi connectivity index (χ1n) is 5.62. The molecule has 0 atom stereocenters. The van der Waals surface area contributed by atoms with Crippen LogP contribution < -0.4 is 0 Å². The molecule has 0 amide bonds. The highest BCUT2D eigenvalue weighted by Crippen LogP contribution is 2.13. The van der Waals surface area contributed by atoms with Crippen molar-refractivity contribution in [3.63, 3.8) is 0 Å². The zero-order chi connectivity index (χ0) is 13.9. The van der Waals surface area contributed by atoms with Crippen molar-refractivity contribution in [3.8, 4) is 0 Å². The molecule has 0 aliphatic rings. The van der Waals surface area contributed by atoms with Gasteiger partial charge in [-0.15, -0.1) is 0 Å². The zero-order valence-corrected chi connectivity index (χ0v) is 15.1. The summed E-state index contributed by atoms with van der Waals surface area (Å²) in [6.07, 6.45) is 1.08. The van der Waals surface area contributed by atoms with Crippen LogP contribution in [-0.2, 0) is 17.7 Å². The monoisotopic (exact) mass is 300 g/mol. The molecule has 0 aromatic heterocycles. The van der Waals surface area contributed by atoms with Crippen LogP contribution in [0.5, 0.6) is 0 Å². The van der Waals surface area contributed by atoms with Crippen LogP contribution in [0.3, 0.4) is 0 Å². The molecule has 0 aliphatic heterocycles. The Labute approximate surface area is 114 Å². The molecule has 0 fully saturated rings. The summed E-state index contributed by atoms with van der Waals surface area (Å²) in [5.74, 6) is 0.912. The molecule has 7 heteroatoms. The predicted octanol–water partition coefficient (Wildman–Crippen LogP) is 2.65. The van der Waals surface area contributed by atoms with Crippen molar-refractivity contribution in [1.82, 2.24) is 0 Å². The van der Waals surface area contributed by atoms with E-state index in [1.807, 2.05) is 13.1 Å². The van der Waals surface area contributed by atoms with Crippen molar-refractivity contribution < 1.29 is 17.7 Å². The zero-order valence-electron chi connectivity index (χ0n) is 12.2. The van der Waals surface area contributed by atoms with Gasteiger partial charge < -0.3 is 17.7 Å². The SMILES string of the molecule is CO[Si](C)(C)OC.CO[Si](C)(CCCS)OC. The van der Waals surface area contributed by atoms with Crippen molar-refractivity contribution >= 4 is 29.8 Å². The summed E-state index contributed by atoms with van der Waals surface area (Å²) in [5.41, 5.74) is 0. The number of hydrogen-bond acceptors (Lipinski definition) is 5. The van der Waals surface area contributed by atoms with Crippen LogP contribution in [0.4, 0.5) is 0 Å². The molecule has 0 heterocycles. The van der Waals surface area contributed by atoms with Crippen LogP contribution in [-0.4, -0.2) is 51.3 Å². The molecule has 0 radical (unpaired) electrons. The Bertz CT molecular complexity index is 172. The van der Waals surface area contributed by atoms with Crippen LogP contribution in [0.15, 0.2) is 0 Å². The molecular formula is C10H28O4SSi2. The Kier molecular flexibility index (Phi) is 12.4. The normalized spacial score (nSPS) is 12.0. The van der Waals surface area contributed by atoms with Gasteiger partial charge in [-0.05, 0) is 37.9 Å². The first kappa shape index (κ1) is 20.0. The van der Waals surface area contributed by atoms with Gasteiger partial charge in [-0.2, -0.15) is 12.6 Å². The maximum Gasteiger partial charge on any atom is 0.334 e. The Hall–Kier alpha value is 0.624. The fourth-order valence-electron chi connectivity index (χ4n) is 0.771. The fourth-order valence-corrected chi connectivity index (χ4v) is 2.79. The second kappa shape index (κ2) is 10.5. The van der Waals surface area contributed by atoms with Gasteiger partial charge in [0.05, 0.1) is 0 Å². The third-order valence-corrected chi connectivity index (χ3v) is 7.91. The van der Waals surface area contributed by atoms with Gasteiger partial charge in [-0.3, -0.25) is 0 Å². The van der Waals surface area contributed by atoms with E-state index < -0.39 is 17.1 Å². The summed E-state index contributed by atoms with van der Waals surface area (Å²) in [6.45, 7) is 6.05. The van der Waals surface area contributed by atoms with Gasteiger partial charge in [0.25, 0.3) is 0 Å². The standard InChI is InChI=1S/C6H16O2SSi.C4H12O2Si/c1-7-10(3,8-2)6-4-5-9;1-5-7(3,4)6-2/h9H,4-6H2,1-3H3;1-4H3. The van der Waals surface area contributed by atoms with E-state index in [4.69, 9.17) is 17.7 Å².